The van der Waals surface area contributed by atoms with E-state index in [1.165, 1.54) is 22.9 Å². The zero-order chi connectivity index (χ0) is 31.4. The molecule has 2 aromatic carbocycles. The largest absolute Gasteiger partial charge is 0.387 e. The summed E-state index contributed by atoms with van der Waals surface area (Å²) in [5.74, 6) is -3.87. The van der Waals surface area contributed by atoms with Crippen LogP contribution in [0.4, 0.5) is 14.5 Å². The van der Waals surface area contributed by atoms with Crippen LogP contribution in [0.1, 0.15) is 41.4 Å². The van der Waals surface area contributed by atoms with E-state index in [4.69, 9.17) is 11.6 Å². The highest BCUT2D eigenvalue weighted by Gasteiger charge is 2.64. The van der Waals surface area contributed by atoms with Gasteiger partial charge in [0.1, 0.15) is 12.2 Å². The third-order valence-corrected chi connectivity index (χ3v) is 11.3. The van der Waals surface area contributed by atoms with Crippen molar-refractivity contribution in [2.45, 2.75) is 47.2 Å². The number of sulfone groups is 1. The second-order valence-electron chi connectivity index (χ2n) is 11.1. The number of aliphatic hydroxyl groups excluding tert-OH is 2. The van der Waals surface area contributed by atoms with Gasteiger partial charge < -0.3 is 20.6 Å². The average molecular weight is 645 g/mol. The maximum absolute atomic E-state index is 13.8. The Hall–Kier alpha value is -3.75. The van der Waals surface area contributed by atoms with Crippen molar-refractivity contribution in [3.8, 4) is 5.82 Å². The first-order chi connectivity index (χ1) is 20.9. The monoisotopic (exact) mass is 644 g/mol. The van der Waals surface area contributed by atoms with Crippen molar-refractivity contribution in [2.24, 2.45) is 11.8 Å². The molecule has 4 atom stereocenters. The van der Waals surface area contributed by atoms with Crippen LogP contribution in [0.3, 0.4) is 0 Å². The lowest BCUT2D eigenvalue weighted by atomic mass is 9.51. The number of nitrogens with one attached hydrogen (secondary N) is 1. The summed E-state index contributed by atoms with van der Waals surface area (Å²) in [6, 6.07) is 13.0. The molecule has 44 heavy (non-hydrogen) atoms. The molecule has 230 valence electrons. The molecule has 1 amide bonds. The zero-order valence-electron chi connectivity index (χ0n) is 22.9. The number of pyridine rings is 1. The van der Waals surface area contributed by atoms with Crippen LogP contribution in [0.15, 0.2) is 78.0 Å². The number of rotatable bonds is 8. The van der Waals surface area contributed by atoms with Crippen LogP contribution in [-0.4, -0.2) is 61.4 Å². The highest BCUT2D eigenvalue weighted by atomic mass is 35.5. The minimum atomic E-state index is -4.11. The fourth-order valence-electron chi connectivity index (χ4n) is 6.30. The fourth-order valence-corrected chi connectivity index (χ4v) is 8.70. The molecule has 14 heteroatoms. The molecule has 4 unspecified atom stereocenters. The van der Waals surface area contributed by atoms with Gasteiger partial charge in [-0.15, -0.1) is 0 Å². The average Bonchev–Trinajstić information content (AvgIpc) is 3.57. The molecular weight excluding hydrogens is 618 g/mol. The van der Waals surface area contributed by atoms with Gasteiger partial charge in [0, 0.05) is 29.7 Å². The number of carbonyl (C=O) groups is 1. The topological polar surface area (TPSA) is 155 Å². The summed E-state index contributed by atoms with van der Waals surface area (Å²) in [4.78, 5) is 16.9. The van der Waals surface area contributed by atoms with E-state index >= 15 is 0 Å². The molecule has 0 saturated heterocycles. The van der Waals surface area contributed by atoms with Crippen LogP contribution in [-0.2, 0) is 9.84 Å². The summed E-state index contributed by atoms with van der Waals surface area (Å²) in [7, 11) is -4.11. The highest BCUT2D eigenvalue weighted by molar-refractivity contribution is 7.92. The number of anilines is 1. The predicted molar refractivity (Wildman–Crippen MR) is 155 cm³/mol. The number of amides is 1. The molecule has 4 aromatic rings. The molecule has 0 aliphatic heterocycles. The van der Waals surface area contributed by atoms with Crippen molar-refractivity contribution >= 4 is 33.0 Å². The van der Waals surface area contributed by atoms with Gasteiger partial charge >= 0.3 is 0 Å². The Morgan fingerprint density at radius 1 is 1.02 bits per heavy atom. The van der Waals surface area contributed by atoms with Crippen molar-refractivity contribution in [2.75, 3.05) is 5.32 Å². The summed E-state index contributed by atoms with van der Waals surface area (Å²) >= 11 is 6.28. The second-order valence-corrected chi connectivity index (χ2v) is 13.7. The first kappa shape index (κ1) is 30.3. The Morgan fingerprint density at radius 3 is 2.45 bits per heavy atom. The first-order valence-electron chi connectivity index (χ1n) is 13.7. The van der Waals surface area contributed by atoms with Gasteiger partial charge in [0.15, 0.2) is 27.3 Å². The Kier molecular flexibility index (Phi) is 7.79. The van der Waals surface area contributed by atoms with Crippen LogP contribution >= 0.6 is 11.6 Å². The molecule has 10 nitrogen and oxygen atoms in total. The van der Waals surface area contributed by atoms with Gasteiger partial charge in [0.05, 0.1) is 26.5 Å². The predicted octanol–water partition coefficient (Wildman–Crippen LogP) is 3.85. The minimum absolute atomic E-state index is 0.0124. The number of hydrogen-bond acceptors (Lipinski definition) is 8. The van der Waals surface area contributed by atoms with Crippen molar-refractivity contribution in [3.05, 3.63) is 101 Å². The quantitative estimate of drug-likeness (QED) is 0.226. The Morgan fingerprint density at radius 2 is 1.77 bits per heavy atom. The SMILES string of the molecule is O=C(Nc1ccc(F)c(F)c1)c1ccc(Cl)c(S(=O)(=O)C2CC3CC(C2)C3(O)C(O)C(O)c2cccc(-n3cccn3)n2)c1. The van der Waals surface area contributed by atoms with Crippen molar-refractivity contribution in [1.29, 1.82) is 0 Å². The summed E-state index contributed by atoms with van der Waals surface area (Å²) in [6.07, 6.45) is 0.479. The van der Waals surface area contributed by atoms with Gasteiger partial charge in [0.2, 0.25) is 0 Å². The smallest absolute Gasteiger partial charge is 0.255 e. The molecule has 3 aliphatic rings. The number of aromatic nitrogens is 3. The molecule has 0 spiro atoms. The number of hydrogen-bond donors (Lipinski definition) is 4. The van der Waals surface area contributed by atoms with Crippen molar-refractivity contribution in [3.63, 3.8) is 0 Å². The standard InChI is InChI=1S/C30H27ClF2N4O6S/c31-21-7-5-16(29(40)35-19-6-8-22(32)23(33)15-19)11-25(21)44(42,43)20-13-17-12-18(14-20)30(17,41)28(39)27(38)24-3-1-4-26(36-24)37-10-2-9-34-37/h1-11,15,17-18,20,27-28,38-39,41H,12-14H2,(H,35,40). The van der Waals surface area contributed by atoms with Gasteiger partial charge in [-0.3, -0.25) is 4.79 Å². The maximum Gasteiger partial charge on any atom is 0.255 e. The summed E-state index contributed by atoms with van der Waals surface area (Å²) in [6.45, 7) is 0. The number of benzene rings is 2. The number of halogens is 3. The summed E-state index contributed by atoms with van der Waals surface area (Å²) in [5.41, 5.74) is -1.72. The van der Waals surface area contributed by atoms with Gasteiger partial charge in [-0.2, -0.15) is 5.10 Å². The molecule has 2 bridgehead atoms. The normalized spacial score (nSPS) is 24.3. The second kappa shape index (κ2) is 11.3. The van der Waals surface area contributed by atoms with E-state index in [-0.39, 0.29) is 39.7 Å². The van der Waals surface area contributed by atoms with E-state index in [9.17, 15) is 37.3 Å². The number of carbonyl (C=O) groups excluding carboxylic acids is 1. The van der Waals surface area contributed by atoms with Crippen LogP contribution in [0.25, 0.3) is 5.82 Å². The van der Waals surface area contributed by atoms with E-state index in [1.807, 2.05) is 0 Å². The summed E-state index contributed by atoms with van der Waals surface area (Å²) < 4.78 is 55.8. The van der Waals surface area contributed by atoms with Gasteiger partial charge in [-0.25, -0.2) is 26.9 Å². The molecule has 4 N–H and O–H groups in total. The lowest BCUT2D eigenvalue weighted by molar-refractivity contribution is -0.252. The lowest BCUT2D eigenvalue weighted by Crippen LogP contribution is -2.68. The molecule has 2 heterocycles. The van der Waals surface area contributed by atoms with Gasteiger partial charge in [-0.05, 0) is 79.6 Å². The van der Waals surface area contributed by atoms with Crippen LogP contribution < -0.4 is 5.32 Å². The first-order valence-corrected chi connectivity index (χ1v) is 15.7. The Labute approximate surface area is 255 Å². The molecule has 0 radical (unpaired) electrons. The minimum Gasteiger partial charge on any atom is -0.387 e. The van der Waals surface area contributed by atoms with E-state index in [1.54, 1.807) is 30.6 Å². The number of nitrogens with zero attached hydrogens (tertiary/aromatic N) is 3. The van der Waals surface area contributed by atoms with Crippen LogP contribution in [0, 0.1) is 23.5 Å². The molecule has 3 saturated carbocycles. The highest BCUT2D eigenvalue weighted by Crippen LogP contribution is 2.58. The fraction of sp³-hybridized carbons (Fsp3) is 0.300. The van der Waals surface area contributed by atoms with E-state index in [2.05, 4.69) is 15.4 Å². The van der Waals surface area contributed by atoms with Gasteiger partial charge in [0.25, 0.3) is 5.91 Å². The maximum atomic E-state index is 13.8. The van der Waals surface area contributed by atoms with E-state index in [0.717, 1.165) is 24.3 Å². The Balaban J connectivity index is 1.18. The van der Waals surface area contributed by atoms with Crippen LogP contribution in [0.2, 0.25) is 5.02 Å². The molecular formula is C30H27ClF2N4O6S. The number of aliphatic hydroxyl groups is 3. The zero-order valence-corrected chi connectivity index (χ0v) is 24.5. The van der Waals surface area contributed by atoms with Gasteiger partial charge in [-0.1, -0.05) is 17.7 Å². The van der Waals surface area contributed by atoms with Crippen molar-refractivity contribution in [1.82, 2.24) is 14.8 Å². The van der Waals surface area contributed by atoms with E-state index in [0.29, 0.717) is 12.2 Å². The molecule has 3 aliphatic carbocycles. The number of fused-ring (bicyclic) bond motifs is 2. The van der Waals surface area contributed by atoms with E-state index < -0.39 is 62.3 Å². The Bertz CT molecular complexity index is 1830. The molecule has 7 rings (SSSR count). The van der Waals surface area contributed by atoms with Crippen molar-refractivity contribution < 1.29 is 37.3 Å². The van der Waals surface area contributed by atoms with Crippen LogP contribution in [0.5, 0.6) is 0 Å². The third kappa shape index (κ3) is 5.18. The summed E-state index contributed by atoms with van der Waals surface area (Å²) in [5, 5.41) is 39.2. The molecule has 3 fully saturated rings. The third-order valence-electron chi connectivity index (χ3n) is 8.66. The lowest BCUT2D eigenvalue weighted by Gasteiger charge is -2.60. The molecule has 2 aromatic heterocycles.